The van der Waals surface area contributed by atoms with E-state index in [1.165, 1.54) is 83.5 Å². The van der Waals surface area contributed by atoms with Crippen LogP contribution >= 0.6 is 7.92 Å². The van der Waals surface area contributed by atoms with Crippen LogP contribution in [0.25, 0.3) is 0 Å². The van der Waals surface area contributed by atoms with Crippen LogP contribution in [0.5, 0.6) is 0 Å². The fourth-order valence-electron chi connectivity index (χ4n) is 6.77. The number of hydrogen-bond donors (Lipinski definition) is 0. The molecule has 0 N–H and O–H groups in total. The Kier molecular flexibility index (Phi) is 17.9. The molecule has 31 heavy (non-hydrogen) atoms. The van der Waals surface area contributed by atoms with Crippen LogP contribution < -0.4 is 0 Å². The number of nitrogens with zero attached hydrogens (tertiary/aromatic N) is 1. The van der Waals surface area contributed by atoms with Crippen LogP contribution in [0.1, 0.15) is 122 Å². The normalized spacial score (nSPS) is 28.2. The van der Waals surface area contributed by atoms with E-state index in [2.05, 4.69) is 25.9 Å². The van der Waals surface area contributed by atoms with E-state index in [0.717, 1.165) is 28.9 Å². The molecule has 4 saturated carbocycles. The van der Waals surface area contributed by atoms with Crippen molar-refractivity contribution in [1.29, 1.82) is 0 Å². The Morgan fingerprint density at radius 3 is 1.35 bits per heavy atom. The first kappa shape index (κ1) is 31.9. The van der Waals surface area contributed by atoms with Gasteiger partial charge in [0.15, 0.2) is 0 Å². The second kappa shape index (κ2) is 17.4. The van der Waals surface area contributed by atoms with Gasteiger partial charge in [-0.2, -0.15) is 0 Å². The fraction of sp³-hybridized carbons (Fsp3) is 0.929. The summed E-state index contributed by atoms with van der Waals surface area (Å²) < 4.78 is 0. The molecule has 0 spiro atoms. The van der Waals surface area contributed by atoms with Crippen molar-refractivity contribution < 1.29 is 17.1 Å². The Morgan fingerprint density at radius 1 is 0.581 bits per heavy atom. The monoisotopic (exact) mass is 493 g/mol. The summed E-state index contributed by atoms with van der Waals surface area (Å²) in [5.41, 5.74) is 3.39. The standard InChI is InChI=1S/C21H40NP.C5H10.2CH3.Fe/c1-17(22(2)3)20-15-10-16-21(20)23(18-11-6-4-7-12-18)19-13-8-5-9-14-19;1-2-4-5-3-1;;;/h17-21H,4-16H2,1-3H3;1-5H2;2*1H3;/q;;2*-1;+2/t17-,20?,21?;;;;/m0..../s1. The van der Waals surface area contributed by atoms with E-state index < -0.39 is 0 Å². The van der Waals surface area contributed by atoms with Gasteiger partial charge in [0.25, 0.3) is 0 Å². The molecule has 4 fully saturated rings. The van der Waals surface area contributed by atoms with E-state index in [0.29, 0.717) is 0 Å². The largest absolute Gasteiger partial charge is 2.00 e. The SMILES string of the molecule is C1CCCC1.C[C@@H](C1CCCC1P(C1CCCCC1)C1CCCCC1)N(C)C.[CH3-].[CH3-].[Fe+2]. The Morgan fingerprint density at radius 2 is 0.968 bits per heavy atom. The van der Waals surface area contributed by atoms with Crippen LogP contribution in [0.2, 0.25) is 0 Å². The summed E-state index contributed by atoms with van der Waals surface area (Å²) in [7, 11) is 4.90. The zero-order chi connectivity index (χ0) is 19.8. The van der Waals surface area contributed by atoms with E-state index in [-0.39, 0.29) is 39.8 Å². The van der Waals surface area contributed by atoms with E-state index in [1.54, 1.807) is 32.1 Å². The van der Waals surface area contributed by atoms with Crippen molar-refractivity contribution in [1.82, 2.24) is 4.90 Å². The molecule has 1 nitrogen and oxygen atoms in total. The van der Waals surface area contributed by atoms with Crippen molar-refractivity contribution >= 4 is 7.92 Å². The van der Waals surface area contributed by atoms with Crippen molar-refractivity contribution in [3.05, 3.63) is 14.9 Å². The Balaban J connectivity index is 0.000000995. The van der Waals surface area contributed by atoms with E-state index in [4.69, 9.17) is 0 Å². The molecule has 3 heteroatoms. The number of hydrogen-bond acceptors (Lipinski definition) is 1. The third kappa shape index (κ3) is 9.59. The molecule has 4 rings (SSSR count). The Bertz CT molecular complexity index is 388. The molecule has 0 aromatic rings. The predicted molar refractivity (Wildman–Crippen MR) is 141 cm³/mol. The minimum atomic E-state index is 0. The minimum absolute atomic E-state index is 0. The first-order valence-corrected chi connectivity index (χ1v) is 14.7. The summed E-state index contributed by atoms with van der Waals surface area (Å²) in [4.78, 5) is 2.51. The minimum Gasteiger partial charge on any atom is -0.358 e. The summed E-state index contributed by atoms with van der Waals surface area (Å²) in [6.07, 6.45) is 27.6. The molecule has 3 atom stereocenters. The van der Waals surface area contributed by atoms with Crippen LogP contribution in [0.4, 0.5) is 0 Å². The third-order valence-corrected chi connectivity index (χ3v) is 12.7. The van der Waals surface area contributed by atoms with Crippen LogP contribution in [0.15, 0.2) is 0 Å². The van der Waals surface area contributed by atoms with Gasteiger partial charge in [-0.15, -0.1) is 0 Å². The molecular weight excluding hydrogens is 437 g/mol. The molecule has 4 aliphatic rings. The zero-order valence-electron chi connectivity index (χ0n) is 21.9. The molecule has 186 valence electrons. The van der Waals surface area contributed by atoms with E-state index >= 15 is 0 Å². The van der Waals surface area contributed by atoms with Gasteiger partial charge in [-0.05, 0) is 82.4 Å². The van der Waals surface area contributed by atoms with Crippen molar-refractivity contribution in [2.45, 2.75) is 146 Å². The van der Waals surface area contributed by atoms with Gasteiger partial charge >= 0.3 is 17.1 Å². The first-order valence-electron chi connectivity index (χ1n) is 13.1. The van der Waals surface area contributed by atoms with Crippen LogP contribution in [0, 0.1) is 20.8 Å². The summed E-state index contributed by atoms with van der Waals surface area (Å²) in [6.45, 7) is 2.51. The van der Waals surface area contributed by atoms with Crippen molar-refractivity contribution in [3.8, 4) is 0 Å². The van der Waals surface area contributed by atoms with Gasteiger partial charge in [0.1, 0.15) is 0 Å². The maximum absolute atomic E-state index is 2.51. The molecule has 0 heterocycles. The van der Waals surface area contributed by atoms with Gasteiger partial charge in [0, 0.05) is 6.04 Å². The summed E-state index contributed by atoms with van der Waals surface area (Å²) in [6, 6.07) is 0.791. The van der Waals surface area contributed by atoms with Gasteiger partial charge in [-0.3, -0.25) is 0 Å². The number of rotatable bonds is 5. The van der Waals surface area contributed by atoms with Gasteiger partial charge < -0.3 is 19.8 Å². The van der Waals surface area contributed by atoms with Crippen molar-refractivity contribution in [2.24, 2.45) is 5.92 Å². The zero-order valence-corrected chi connectivity index (χ0v) is 23.9. The quantitative estimate of drug-likeness (QED) is 0.210. The maximum atomic E-state index is 2.51. The summed E-state index contributed by atoms with van der Waals surface area (Å²) >= 11 is 0. The smallest absolute Gasteiger partial charge is 0.358 e. The van der Waals surface area contributed by atoms with E-state index in [1.807, 2.05) is 0 Å². The first-order chi connectivity index (χ1) is 13.7. The van der Waals surface area contributed by atoms with Crippen molar-refractivity contribution in [2.75, 3.05) is 14.1 Å². The summed E-state index contributed by atoms with van der Waals surface area (Å²) in [5, 5.41) is 0. The Hall–Kier alpha value is 0.909. The predicted octanol–water partition coefficient (Wildman–Crippen LogP) is 9.10. The van der Waals surface area contributed by atoms with Crippen LogP contribution in [-0.4, -0.2) is 42.0 Å². The van der Waals surface area contributed by atoms with Crippen LogP contribution in [0.3, 0.4) is 0 Å². The second-order valence-corrected chi connectivity index (χ2v) is 13.7. The molecule has 0 bridgehead atoms. The van der Waals surface area contributed by atoms with Gasteiger partial charge in [0.2, 0.25) is 0 Å². The summed E-state index contributed by atoms with van der Waals surface area (Å²) in [5.74, 6) is 1.000. The average molecular weight is 494 g/mol. The molecule has 0 radical (unpaired) electrons. The molecule has 4 aliphatic carbocycles. The molecule has 0 saturated heterocycles. The maximum Gasteiger partial charge on any atom is 2.00 e. The average Bonchev–Trinajstić information content (AvgIpc) is 3.45. The van der Waals surface area contributed by atoms with E-state index in [9.17, 15) is 0 Å². The molecule has 0 aliphatic heterocycles. The molecular formula is C28H56FeNP. The van der Waals surface area contributed by atoms with Crippen molar-refractivity contribution in [3.63, 3.8) is 0 Å². The van der Waals surface area contributed by atoms with Gasteiger partial charge in [-0.1, -0.05) is 85.0 Å². The molecule has 2 unspecified atom stereocenters. The van der Waals surface area contributed by atoms with Gasteiger partial charge in [-0.25, -0.2) is 0 Å². The topological polar surface area (TPSA) is 3.24 Å². The molecule has 0 aromatic heterocycles. The van der Waals surface area contributed by atoms with Gasteiger partial charge in [0.05, 0.1) is 0 Å². The van der Waals surface area contributed by atoms with Crippen LogP contribution in [-0.2, 0) is 17.1 Å². The fourth-order valence-corrected chi connectivity index (χ4v) is 11.7. The Labute approximate surface area is 209 Å². The molecule has 0 amide bonds. The third-order valence-electron chi connectivity index (χ3n) is 8.59. The molecule has 0 aromatic carbocycles. The second-order valence-electron chi connectivity index (χ2n) is 10.7.